The first-order valence-electron chi connectivity index (χ1n) is 8.07. The number of hydrogen-bond donors (Lipinski definition) is 1. The normalized spacial score (nSPS) is 15.3. The topological polar surface area (TPSA) is 99.2 Å². The van der Waals surface area contributed by atoms with E-state index in [2.05, 4.69) is 5.32 Å². The fourth-order valence-corrected chi connectivity index (χ4v) is 3.34. The molecule has 2 aromatic rings. The average molecular weight is 413 g/mol. The highest BCUT2D eigenvalue weighted by molar-refractivity contribution is 8.93. The standard InChI is InChI=1S/C16H20N4O4.BrH/c1-10(2)18-14-4-3-12(20(23)24)9-13(14)15(21)19(16(18)22)11-5-7-17-8-6-11;/h3-4,9-11,17H,5-8H2,1-2H3;1H. The van der Waals surface area contributed by atoms with Gasteiger partial charge in [0.2, 0.25) is 0 Å². The number of aromatic nitrogens is 2. The van der Waals surface area contributed by atoms with Gasteiger partial charge in [0, 0.05) is 24.2 Å². The van der Waals surface area contributed by atoms with Crippen molar-refractivity contribution in [1.82, 2.24) is 14.5 Å². The van der Waals surface area contributed by atoms with Crippen LogP contribution in [0.1, 0.15) is 38.8 Å². The van der Waals surface area contributed by atoms with Crippen LogP contribution in [0.3, 0.4) is 0 Å². The number of non-ortho nitro benzene ring substituents is 1. The van der Waals surface area contributed by atoms with Crippen LogP contribution in [0.5, 0.6) is 0 Å². The molecule has 1 aromatic heterocycles. The predicted molar refractivity (Wildman–Crippen MR) is 101 cm³/mol. The number of nitro groups is 1. The second-order valence-electron chi connectivity index (χ2n) is 6.36. The van der Waals surface area contributed by atoms with Crippen LogP contribution in [0.15, 0.2) is 27.8 Å². The van der Waals surface area contributed by atoms with Gasteiger partial charge in [-0.2, -0.15) is 0 Å². The van der Waals surface area contributed by atoms with E-state index in [0.29, 0.717) is 18.4 Å². The minimum absolute atomic E-state index is 0. The number of hydrogen-bond acceptors (Lipinski definition) is 5. The van der Waals surface area contributed by atoms with Crippen molar-refractivity contribution in [2.45, 2.75) is 38.8 Å². The van der Waals surface area contributed by atoms with Gasteiger partial charge in [-0.3, -0.25) is 24.0 Å². The molecule has 1 fully saturated rings. The molecule has 0 unspecified atom stereocenters. The number of nitrogens with zero attached hydrogens (tertiary/aromatic N) is 3. The summed E-state index contributed by atoms with van der Waals surface area (Å²) in [4.78, 5) is 36.4. The van der Waals surface area contributed by atoms with Crippen LogP contribution in [0.2, 0.25) is 0 Å². The number of fused-ring (bicyclic) bond motifs is 1. The first kappa shape index (κ1) is 19.3. The van der Waals surface area contributed by atoms with Crippen molar-refractivity contribution in [3.05, 3.63) is 49.2 Å². The average Bonchev–Trinajstić information content (AvgIpc) is 2.55. The molecule has 0 radical (unpaired) electrons. The molecule has 9 heteroatoms. The quantitative estimate of drug-likeness (QED) is 0.614. The fraction of sp³-hybridized carbons (Fsp3) is 0.500. The zero-order valence-corrected chi connectivity index (χ0v) is 15.8. The summed E-state index contributed by atoms with van der Waals surface area (Å²) in [5.74, 6) is 0. The van der Waals surface area contributed by atoms with E-state index in [1.165, 1.54) is 22.8 Å². The molecule has 0 amide bonds. The van der Waals surface area contributed by atoms with Gasteiger partial charge in [-0.05, 0) is 45.8 Å². The summed E-state index contributed by atoms with van der Waals surface area (Å²) in [6.07, 6.45) is 1.38. The Hall–Kier alpha value is -2.00. The van der Waals surface area contributed by atoms with Crippen molar-refractivity contribution in [1.29, 1.82) is 0 Å². The third-order valence-electron chi connectivity index (χ3n) is 4.50. The zero-order valence-electron chi connectivity index (χ0n) is 14.1. The summed E-state index contributed by atoms with van der Waals surface area (Å²) in [7, 11) is 0. The SMILES string of the molecule is Br.CC(C)n1c(=O)n(C2CCNCC2)c(=O)c2cc([N+](=O)[O-])ccc21. The fourth-order valence-electron chi connectivity index (χ4n) is 3.34. The van der Waals surface area contributed by atoms with E-state index in [4.69, 9.17) is 0 Å². The number of rotatable bonds is 3. The number of halogens is 1. The number of piperidine rings is 1. The van der Waals surface area contributed by atoms with E-state index >= 15 is 0 Å². The van der Waals surface area contributed by atoms with Crippen LogP contribution >= 0.6 is 17.0 Å². The van der Waals surface area contributed by atoms with Crippen molar-refractivity contribution in [2.75, 3.05) is 13.1 Å². The first-order valence-corrected chi connectivity index (χ1v) is 8.07. The van der Waals surface area contributed by atoms with Gasteiger partial charge >= 0.3 is 5.69 Å². The summed E-state index contributed by atoms with van der Waals surface area (Å²) in [6.45, 7) is 5.20. The Balaban J connectivity index is 0.00000225. The van der Waals surface area contributed by atoms with E-state index in [9.17, 15) is 19.7 Å². The van der Waals surface area contributed by atoms with Gasteiger partial charge in [0.25, 0.3) is 11.2 Å². The van der Waals surface area contributed by atoms with E-state index in [1.807, 2.05) is 13.8 Å². The molecule has 1 aliphatic rings. The lowest BCUT2D eigenvalue weighted by atomic mass is 10.1. The highest BCUT2D eigenvalue weighted by Crippen LogP contribution is 2.21. The van der Waals surface area contributed by atoms with Crippen LogP contribution in [0.4, 0.5) is 5.69 Å². The molecular weight excluding hydrogens is 392 g/mol. The van der Waals surface area contributed by atoms with Crippen LogP contribution in [0, 0.1) is 10.1 Å². The molecule has 3 rings (SSSR count). The minimum atomic E-state index is -0.529. The van der Waals surface area contributed by atoms with Gasteiger partial charge in [0.15, 0.2) is 0 Å². The van der Waals surface area contributed by atoms with Crippen molar-refractivity contribution in [2.24, 2.45) is 0 Å². The maximum absolute atomic E-state index is 12.9. The van der Waals surface area contributed by atoms with Crippen LogP contribution < -0.4 is 16.6 Å². The van der Waals surface area contributed by atoms with Crippen LogP contribution in [-0.4, -0.2) is 27.1 Å². The third-order valence-corrected chi connectivity index (χ3v) is 4.50. The maximum atomic E-state index is 12.9. The van der Waals surface area contributed by atoms with Gasteiger partial charge < -0.3 is 5.32 Å². The molecule has 1 saturated heterocycles. The summed E-state index contributed by atoms with van der Waals surface area (Å²) in [5.41, 5.74) is -0.494. The van der Waals surface area contributed by atoms with Gasteiger partial charge in [-0.15, -0.1) is 17.0 Å². The lowest BCUT2D eigenvalue weighted by Crippen LogP contribution is -2.45. The summed E-state index contributed by atoms with van der Waals surface area (Å²) in [6, 6.07) is 3.75. The van der Waals surface area contributed by atoms with E-state index < -0.39 is 10.5 Å². The zero-order chi connectivity index (χ0) is 17.4. The van der Waals surface area contributed by atoms with Crippen LogP contribution in [-0.2, 0) is 0 Å². The molecule has 0 saturated carbocycles. The Labute approximate surface area is 154 Å². The number of nitro benzene ring substituents is 1. The molecule has 8 nitrogen and oxygen atoms in total. The van der Waals surface area contributed by atoms with Crippen LogP contribution in [0.25, 0.3) is 10.9 Å². The molecule has 0 spiro atoms. The molecule has 1 aromatic carbocycles. The third kappa shape index (κ3) is 3.38. The van der Waals surface area contributed by atoms with E-state index in [0.717, 1.165) is 13.1 Å². The first-order chi connectivity index (χ1) is 11.4. The molecule has 136 valence electrons. The Morgan fingerprint density at radius 2 is 1.88 bits per heavy atom. The lowest BCUT2D eigenvalue weighted by molar-refractivity contribution is -0.384. The van der Waals surface area contributed by atoms with Crippen molar-refractivity contribution < 1.29 is 4.92 Å². The van der Waals surface area contributed by atoms with Crippen molar-refractivity contribution in [3.63, 3.8) is 0 Å². The van der Waals surface area contributed by atoms with E-state index in [1.54, 1.807) is 4.57 Å². The van der Waals surface area contributed by atoms with Crippen molar-refractivity contribution in [3.8, 4) is 0 Å². The molecular formula is C16H21BrN4O4. The predicted octanol–water partition coefficient (Wildman–Crippen LogP) is 2.15. The lowest BCUT2D eigenvalue weighted by Gasteiger charge is -2.26. The Kier molecular flexibility index (Phi) is 5.79. The molecule has 1 aliphatic heterocycles. The molecule has 2 heterocycles. The molecule has 0 atom stereocenters. The molecule has 0 bridgehead atoms. The van der Waals surface area contributed by atoms with Gasteiger partial charge in [0.1, 0.15) is 0 Å². The highest BCUT2D eigenvalue weighted by atomic mass is 79.9. The Morgan fingerprint density at radius 1 is 1.24 bits per heavy atom. The number of benzene rings is 1. The molecule has 1 N–H and O–H groups in total. The Morgan fingerprint density at radius 3 is 2.44 bits per heavy atom. The molecule has 0 aliphatic carbocycles. The number of nitrogens with one attached hydrogen (secondary N) is 1. The van der Waals surface area contributed by atoms with Gasteiger partial charge in [0.05, 0.1) is 15.8 Å². The smallest absolute Gasteiger partial charge is 0.317 e. The summed E-state index contributed by atoms with van der Waals surface area (Å²) in [5, 5.41) is 14.5. The highest BCUT2D eigenvalue weighted by Gasteiger charge is 2.24. The summed E-state index contributed by atoms with van der Waals surface area (Å²) < 4.78 is 2.83. The second kappa shape index (κ2) is 7.49. The summed E-state index contributed by atoms with van der Waals surface area (Å²) >= 11 is 0. The minimum Gasteiger partial charge on any atom is -0.317 e. The van der Waals surface area contributed by atoms with E-state index in [-0.39, 0.29) is 45.8 Å². The Bertz CT molecular complexity index is 913. The molecule has 25 heavy (non-hydrogen) atoms. The maximum Gasteiger partial charge on any atom is 0.331 e. The van der Waals surface area contributed by atoms with Crippen molar-refractivity contribution >= 4 is 33.6 Å². The largest absolute Gasteiger partial charge is 0.331 e. The van der Waals surface area contributed by atoms with Gasteiger partial charge in [-0.1, -0.05) is 0 Å². The monoisotopic (exact) mass is 412 g/mol. The van der Waals surface area contributed by atoms with Gasteiger partial charge in [-0.25, -0.2) is 4.79 Å². The second-order valence-corrected chi connectivity index (χ2v) is 6.36.